The fourth-order valence-electron chi connectivity index (χ4n) is 1.99. The van der Waals surface area contributed by atoms with Crippen molar-refractivity contribution in [2.45, 2.75) is 23.4 Å². The Bertz CT molecular complexity index is 894. The highest BCUT2D eigenvalue weighted by atomic mass is 32.2. The predicted octanol–water partition coefficient (Wildman–Crippen LogP) is 3.48. The van der Waals surface area contributed by atoms with Crippen molar-refractivity contribution in [3.63, 3.8) is 0 Å². The van der Waals surface area contributed by atoms with Gasteiger partial charge in [0, 0.05) is 15.4 Å². The van der Waals surface area contributed by atoms with Crippen molar-refractivity contribution in [2.75, 3.05) is 5.73 Å². The van der Waals surface area contributed by atoms with Gasteiger partial charge in [0.2, 0.25) is 14.2 Å². The first kappa shape index (κ1) is 14.5. The number of benzene rings is 1. The molecule has 0 unspecified atom stereocenters. The molecule has 0 saturated heterocycles. The van der Waals surface area contributed by atoms with Gasteiger partial charge < -0.3 is 5.73 Å². The van der Waals surface area contributed by atoms with Crippen LogP contribution in [0, 0.1) is 0 Å². The Labute approximate surface area is 131 Å². The summed E-state index contributed by atoms with van der Waals surface area (Å²) in [6, 6.07) is 9.10. The summed E-state index contributed by atoms with van der Waals surface area (Å²) in [5.41, 5.74) is 7.00. The number of anilines is 1. The quantitative estimate of drug-likeness (QED) is 0.739. The maximum Gasteiger partial charge on any atom is 0.210 e. The number of fused-ring (bicyclic) bond motifs is 1. The normalized spacial score (nSPS) is 12.0. The molecule has 2 N–H and O–H groups in total. The van der Waals surface area contributed by atoms with Crippen molar-refractivity contribution in [3.8, 4) is 0 Å². The second kappa shape index (κ2) is 5.40. The highest BCUT2D eigenvalue weighted by Crippen LogP contribution is 2.30. The van der Waals surface area contributed by atoms with Gasteiger partial charge in [-0.3, -0.25) is 0 Å². The Morgan fingerprint density at radius 1 is 1.14 bits per heavy atom. The molecule has 4 nitrogen and oxygen atoms in total. The summed E-state index contributed by atoms with van der Waals surface area (Å²) in [7, 11) is -3.41. The molecule has 0 atom stereocenters. The molecule has 0 bridgehead atoms. The van der Waals surface area contributed by atoms with Crippen LogP contribution >= 0.6 is 22.7 Å². The van der Waals surface area contributed by atoms with Crippen LogP contribution in [0.4, 0.5) is 5.69 Å². The zero-order valence-electron chi connectivity index (χ0n) is 11.4. The molecule has 7 heteroatoms. The van der Waals surface area contributed by atoms with Gasteiger partial charge in [-0.05, 0) is 36.8 Å². The first-order chi connectivity index (χ1) is 9.98. The van der Waals surface area contributed by atoms with Gasteiger partial charge in [0.05, 0.1) is 16.0 Å². The lowest BCUT2D eigenvalue weighted by molar-refractivity contribution is 0.595. The van der Waals surface area contributed by atoms with Crippen molar-refractivity contribution < 1.29 is 8.42 Å². The van der Waals surface area contributed by atoms with Gasteiger partial charge in [-0.2, -0.15) is 0 Å². The Morgan fingerprint density at radius 3 is 2.62 bits per heavy atom. The zero-order valence-corrected chi connectivity index (χ0v) is 13.8. The van der Waals surface area contributed by atoms with E-state index in [0.29, 0.717) is 11.2 Å². The second-order valence-corrected chi connectivity index (χ2v) is 9.13. The Hall–Kier alpha value is -1.44. The first-order valence-corrected chi connectivity index (χ1v) is 9.73. The van der Waals surface area contributed by atoms with E-state index in [9.17, 15) is 8.42 Å². The zero-order chi connectivity index (χ0) is 15.0. The molecule has 0 aliphatic heterocycles. The van der Waals surface area contributed by atoms with E-state index in [4.69, 9.17) is 5.73 Å². The molecule has 110 valence electrons. The van der Waals surface area contributed by atoms with E-state index in [1.165, 1.54) is 16.2 Å². The van der Waals surface area contributed by atoms with Crippen molar-refractivity contribution in [3.05, 3.63) is 40.1 Å². The summed E-state index contributed by atoms with van der Waals surface area (Å²) < 4.78 is 25.9. The smallest absolute Gasteiger partial charge is 0.210 e. The standard InChI is InChI=1S/C14H14N2O2S3/c1-2-10-4-5-11(19-10)8-21(17,18)14-16-12-6-3-9(15)7-13(12)20-14/h3-7H,2,8,15H2,1H3. The molecular formula is C14H14N2O2S3. The average molecular weight is 338 g/mol. The van der Waals surface area contributed by atoms with Gasteiger partial charge in [0.25, 0.3) is 0 Å². The third-order valence-electron chi connectivity index (χ3n) is 3.06. The molecule has 0 amide bonds. The van der Waals surface area contributed by atoms with Gasteiger partial charge in [0.1, 0.15) is 0 Å². The van der Waals surface area contributed by atoms with E-state index in [0.717, 1.165) is 16.0 Å². The Kier molecular flexibility index (Phi) is 3.73. The molecule has 1 aromatic carbocycles. The molecule has 2 heterocycles. The van der Waals surface area contributed by atoms with Gasteiger partial charge >= 0.3 is 0 Å². The van der Waals surface area contributed by atoms with Crippen LogP contribution in [-0.2, 0) is 22.0 Å². The van der Waals surface area contributed by atoms with Crippen molar-refractivity contribution in [2.24, 2.45) is 0 Å². The van der Waals surface area contributed by atoms with Crippen LogP contribution < -0.4 is 5.73 Å². The van der Waals surface area contributed by atoms with Crippen LogP contribution in [-0.4, -0.2) is 13.4 Å². The minimum Gasteiger partial charge on any atom is -0.399 e. The van der Waals surface area contributed by atoms with E-state index in [-0.39, 0.29) is 10.1 Å². The predicted molar refractivity (Wildman–Crippen MR) is 88.6 cm³/mol. The number of nitrogens with two attached hydrogens (primary N) is 1. The molecule has 0 aliphatic carbocycles. The van der Waals surface area contributed by atoms with Gasteiger partial charge in [0.15, 0.2) is 0 Å². The van der Waals surface area contributed by atoms with Crippen molar-refractivity contribution in [1.82, 2.24) is 4.98 Å². The summed E-state index contributed by atoms with van der Waals surface area (Å²) in [5.74, 6) is 0.00692. The van der Waals surface area contributed by atoms with Gasteiger partial charge in [-0.1, -0.05) is 6.92 Å². The van der Waals surface area contributed by atoms with Gasteiger partial charge in [-0.15, -0.1) is 22.7 Å². The lowest BCUT2D eigenvalue weighted by atomic mass is 10.3. The SMILES string of the molecule is CCc1ccc(CS(=O)(=O)c2nc3ccc(N)cc3s2)s1. The van der Waals surface area contributed by atoms with E-state index in [1.54, 1.807) is 29.5 Å². The molecule has 0 fully saturated rings. The summed E-state index contributed by atoms with van der Waals surface area (Å²) in [6.45, 7) is 2.06. The molecule has 0 radical (unpaired) electrons. The molecule has 0 aliphatic rings. The lowest BCUT2D eigenvalue weighted by Crippen LogP contribution is -2.03. The largest absolute Gasteiger partial charge is 0.399 e. The Balaban J connectivity index is 1.95. The number of thiazole rings is 1. The lowest BCUT2D eigenvalue weighted by Gasteiger charge is -1.97. The van der Waals surface area contributed by atoms with Crippen LogP contribution in [0.2, 0.25) is 0 Å². The molecule has 0 spiro atoms. The third kappa shape index (κ3) is 2.95. The minimum absolute atomic E-state index is 0.00692. The van der Waals surface area contributed by atoms with Gasteiger partial charge in [-0.25, -0.2) is 13.4 Å². The van der Waals surface area contributed by atoms with Crippen LogP contribution in [0.25, 0.3) is 10.2 Å². The number of hydrogen-bond acceptors (Lipinski definition) is 6. The number of nitrogens with zero attached hydrogens (tertiary/aromatic N) is 1. The highest BCUT2D eigenvalue weighted by Gasteiger charge is 2.21. The van der Waals surface area contributed by atoms with E-state index < -0.39 is 9.84 Å². The molecule has 3 aromatic rings. The maximum absolute atomic E-state index is 12.5. The summed E-state index contributed by atoms with van der Waals surface area (Å²) >= 11 is 2.72. The summed E-state index contributed by atoms with van der Waals surface area (Å²) in [4.78, 5) is 6.27. The molecule has 21 heavy (non-hydrogen) atoms. The molecule has 0 saturated carbocycles. The number of hydrogen-bond donors (Lipinski definition) is 1. The maximum atomic E-state index is 12.5. The van der Waals surface area contributed by atoms with E-state index in [2.05, 4.69) is 11.9 Å². The van der Waals surface area contributed by atoms with Crippen LogP contribution in [0.15, 0.2) is 34.7 Å². The number of aryl methyl sites for hydroxylation is 1. The average Bonchev–Trinajstić information content (AvgIpc) is 3.04. The fraction of sp³-hybridized carbons (Fsp3) is 0.214. The topological polar surface area (TPSA) is 73.0 Å². The van der Waals surface area contributed by atoms with E-state index in [1.807, 2.05) is 12.1 Å². The number of thiophene rings is 1. The minimum atomic E-state index is -3.41. The number of rotatable bonds is 4. The first-order valence-electron chi connectivity index (χ1n) is 6.44. The molecule has 3 rings (SSSR count). The summed E-state index contributed by atoms with van der Waals surface area (Å²) in [5, 5.41) is 0. The van der Waals surface area contributed by atoms with Crippen molar-refractivity contribution >= 4 is 48.4 Å². The molecule has 2 aromatic heterocycles. The molecular weight excluding hydrogens is 324 g/mol. The van der Waals surface area contributed by atoms with Crippen LogP contribution in [0.5, 0.6) is 0 Å². The second-order valence-electron chi connectivity index (χ2n) is 4.69. The van der Waals surface area contributed by atoms with Crippen molar-refractivity contribution in [1.29, 1.82) is 0 Å². The van der Waals surface area contributed by atoms with Crippen LogP contribution in [0.3, 0.4) is 0 Å². The number of aromatic nitrogens is 1. The number of nitrogen functional groups attached to an aromatic ring is 1. The Morgan fingerprint density at radius 2 is 1.90 bits per heavy atom. The fourth-order valence-corrected chi connectivity index (χ4v) is 5.98. The van der Waals surface area contributed by atoms with E-state index >= 15 is 0 Å². The number of sulfone groups is 1. The third-order valence-corrected chi connectivity index (χ3v) is 7.61. The monoisotopic (exact) mass is 338 g/mol. The highest BCUT2D eigenvalue weighted by molar-refractivity contribution is 7.92. The summed E-state index contributed by atoms with van der Waals surface area (Å²) in [6.07, 6.45) is 0.922. The van der Waals surface area contributed by atoms with Crippen LogP contribution in [0.1, 0.15) is 16.7 Å².